The van der Waals surface area contributed by atoms with Crippen molar-refractivity contribution in [2.75, 3.05) is 5.32 Å². The van der Waals surface area contributed by atoms with Crippen molar-refractivity contribution < 1.29 is 9.21 Å². The number of H-pyrrole nitrogens is 1. The average Bonchev–Trinajstić information content (AvgIpc) is 3.40. The van der Waals surface area contributed by atoms with E-state index < -0.39 is 0 Å². The number of rotatable bonds is 6. The molecule has 0 radical (unpaired) electrons. The van der Waals surface area contributed by atoms with Crippen LogP contribution in [0.15, 0.2) is 51.2 Å². The van der Waals surface area contributed by atoms with Gasteiger partial charge in [-0.3, -0.25) is 9.59 Å². The molecular weight excluding hydrogens is 430 g/mol. The summed E-state index contributed by atoms with van der Waals surface area (Å²) >= 11 is 2.86. The Hall–Kier alpha value is -2.84. The smallest absolute Gasteiger partial charge is 0.260 e. The van der Waals surface area contributed by atoms with Gasteiger partial charge in [0.05, 0.1) is 22.1 Å². The number of aryl methyl sites for hydroxylation is 2. The number of thioether (sulfide) groups is 1. The molecule has 2 unspecified atom stereocenters. The van der Waals surface area contributed by atoms with Gasteiger partial charge in [-0.05, 0) is 51.0 Å². The number of benzene rings is 1. The Bertz CT molecular complexity index is 1270. The van der Waals surface area contributed by atoms with Crippen LogP contribution in [0.25, 0.3) is 21.5 Å². The Morgan fingerprint density at radius 2 is 1.94 bits per heavy atom. The number of nitrogens with zero attached hydrogens (tertiary/aromatic N) is 1. The monoisotopic (exact) mass is 453 g/mol. The van der Waals surface area contributed by atoms with E-state index in [4.69, 9.17) is 4.42 Å². The first kappa shape index (κ1) is 21.4. The minimum atomic E-state index is -0.322. The number of aromatic nitrogens is 2. The molecule has 3 heterocycles. The van der Waals surface area contributed by atoms with Crippen LogP contribution in [0.3, 0.4) is 0 Å². The molecule has 1 amide bonds. The SMILES string of the molecule is Cc1cccc(C)c1NC(=O)C(C)SC(C)c1nc2scc(-c3ccco3)c2c(=O)[nH]1. The molecule has 0 spiro atoms. The Kier molecular flexibility index (Phi) is 6.02. The number of anilines is 1. The fraction of sp³-hybridized carbons (Fsp3) is 0.261. The zero-order chi connectivity index (χ0) is 22.1. The van der Waals surface area contributed by atoms with Crippen molar-refractivity contribution in [3.63, 3.8) is 0 Å². The van der Waals surface area contributed by atoms with Crippen LogP contribution in [0.5, 0.6) is 0 Å². The van der Waals surface area contributed by atoms with E-state index in [-0.39, 0.29) is 22.0 Å². The van der Waals surface area contributed by atoms with Crippen LogP contribution in [0.4, 0.5) is 5.69 Å². The molecule has 2 N–H and O–H groups in total. The predicted octanol–water partition coefficient (Wildman–Crippen LogP) is 5.68. The van der Waals surface area contributed by atoms with E-state index in [1.54, 1.807) is 12.3 Å². The van der Waals surface area contributed by atoms with E-state index in [0.717, 1.165) is 22.4 Å². The van der Waals surface area contributed by atoms with Crippen LogP contribution in [-0.4, -0.2) is 21.1 Å². The molecule has 0 aliphatic rings. The molecule has 0 saturated carbocycles. The first-order chi connectivity index (χ1) is 14.8. The quantitative estimate of drug-likeness (QED) is 0.392. The number of fused-ring (bicyclic) bond motifs is 1. The number of carbonyl (C=O) groups is 1. The minimum Gasteiger partial charge on any atom is -0.464 e. The Morgan fingerprint density at radius 3 is 2.61 bits per heavy atom. The van der Waals surface area contributed by atoms with Crippen molar-refractivity contribution in [2.45, 2.75) is 38.2 Å². The molecule has 31 heavy (non-hydrogen) atoms. The van der Waals surface area contributed by atoms with Gasteiger partial charge >= 0.3 is 0 Å². The molecule has 6 nitrogen and oxygen atoms in total. The average molecular weight is 454 g/mol. The molecule has 8 heteroatoms. The molecule has 3 aromatic heterocycles. The lowest BCUT2D eigenvalue weighted by Gasteiger charge is -2.18. The van der Waals surface area contributed by atoms with E-state index >= 15 is 0 Å². The van der Waals surface area contributed by atoms with Crippen LogP contribution in [-0.2, 0) is 4.79 Å². The maximum Gasteiger partial charge on any atom is 0.260 e. The number of hydrogen-bond acceptors (Lipinski definition) is 6. The van der Waals surface area contributed by atoms with Crippen molar-refractivity contribution in [3.8, 4) is 11.3 Å². The molecular formula is C23H23N3O3S2. The topological polar surface area (TPSA) is 88.0 Å². The van der Waals surface area contributed by atoms with Crippen molar-refractivity contribution in [2.24, 2.45) is 0 Å². The highest BCUT2D eigenvalue weighted by Crippen LogP contribution is 2.34. The summed E-state index contributed by atoms with van der Waals surface area (Å²) in [7, 11) is 0. The minimum absolute atomic E-state index is 0.0751. The fourth-order valence-electron chi connectivity index (χ4n) is 3.44. The number of amides is 1. The van der Waals surface area contributed by atoms with Crippen molar-refractivity contribution in [3.05, 3.63) is 69.3 Å². The second-order valence-corrected chi connectivity index (χ2v) is 9.98. The van der Waals surface area contributed by atoms with Crippen LogP contribution in [0.2, 0.25) is 0 Å². The van der Waals surface area contributed by atoms with Crippen LogP contribution in [0.1, 0.15) is 36.0 Å². The summed E-state index contributed by atoms with van der Waals surface area (Å²) in [5, 5.41) is 4.96. The number of thiophene rings is 1. The summed E-state index contributed by atoms with van der Waals surface area (Å²) in [6.07, 6.45) is 1.58. The standard InChI is InChI=1S/C23H23N3O3S2/c1-12-7-5-8-13(2)19(12)24-21(27)15(4)31-14(3)20-25-22(28)18-16(11-30-23(18)26-20)17-9-6-10-29-17/h5-11,14-15H,1-4H3,(H,24,27)(H,25,26,28). The van der Waals surface area contributed by atoms with E-state index in [2.05, 4.69) is 15.3 Å². The van der Waals surface area contributed by atoms with Crippen LogP contribution in [0, 0.1) is 13.8 Å². The second-order valence-electron chi connectivity index (χ2n) is 7.43. The van der Waals surface area contributed by atoms with Crippen molar-refractivity contribution in [1.29, 1.82) is 0 Å². The number of nitrogens with one attached hydrogen (secondary N) is 2. The van der Waals surface area contributed by atoms with Crippen molar-refractivity contribution >= 4 is 44.9 Å². The summed E-state index contributed by atoms with van der Waals surface area (Å²) in [4.78, 5) is 33.8. The normalized spacial score (nSPS) is 13.3. The molecule has 4 rings (SSSR count). The number of carbonyl (C=O) groups excluding carboxylic acids is 1. The van der Waals surface area contributed by atoms with Gasteiger partial charge in [0.2, 0.25) is 5.91 Å². The highest BCUT2D eigenvalue weighted by molar-refractivity contribution is 8.00. The first-order valence-electron chi connectivity index (χ1n) is 9.93. The number of para-hydroxylation sites is 1. The van der Waals surface area contributed by atoms with E-state index in [1.807, 2.05) is 57.3 Å². The molecule has 2 atom stereocenters. The molecule has 0 saturated heterocycles. The summed E-state index contributed by atoms with van der Waals surface area (Å²) in [5.74, 6) is 1.13. The Balaban J connectivity index is 1.52. The summed E-state index contributed by atoms with van der Waals surface area (Å²) < 4.78 is 5.44. The molecule has 4 aromatic rings. The Labute approximate surface area is 188 Å². The predicted molar refractivity (Wildman–Crippen MR) is 128 cm³/mol. The van der Waals surface area contributed by atoms with E-state index in [1.165, 1.54) is 23.1 Å². The largest absolute Gasteiger partial charge is 0.464 e. The zero-order valence-electron chi connectivity index (χ0n) is 17.7. The van der Waals surface area contributed by atoms with Gasteiger partial charge in [0.1, 0.15) is 16.4 Å². The molecule has 0 aliphatic carbocycles. The summed E-state index contributed by atoms with van der Waals surface area (Å²) in [6.45, 7) is 7.76. The van der Waals surface area contributed by atoms with Crippen molar-refractivity contribution in [1.82, 2.24) is 9.97 Å². The van der Waals surface area contributed by atoms with Gasteiger partial charge in [-0.2, -0.15) is 0 Å². The highest BCUT2D eigenvalue weighted by Gasteiger charge is 2.22. The molecule has 0 bridgehead atoms. The molecule has 160 valence electrons. The lowest BCUT2D eigenvalue weighted by molar-refractivity contribution is -0.115. The lowest BCUT2D eigenvalue weighted by Crippen LogP contribution is -2.24. The van der Waals surface area contributed by atoms with Gasteiger partial charge in [0.15, 0.2) is 0 Å². The maximum atomic E-state index is 12.8. The third-order valence-electron chi connectivity index (χ3n) is 5.14. The van der Waals surface area contributed by atoms with Gasteiger partial charge in [-0.1, -0.05) is 18.2 Å². The summed E-state index contributed by atoms with van der Waals surface area (Å²) in [6, 6.07) is 9.54. The lowest BCUT2D eigenvalue weighted by atomic mass is 10.1. The van der Waals surface area contributed by atoms with E-state index in [9.17, 15) is 9.59 Å². The molecule has 0 fully saturated rings. The third-order valence-corrected chi connectivity index (χ3v) is 7.27. The number of furan rings is 1. The van der Waals surface area contributed by atoms with E-state index in [0.29, 0.717) is 21.8 Å². The van der Waals surface area contributed by atoms with Gasteiger partial charge in [0.25, 0.3) is 5.56 Å². The number of hydrogen-bond donors (Lipinski definition) is 2. The van der Waals surface area contributed by atoms with Crippen LogP contribution >= 0.6 is 23.1 Å². The summed E-state index contributed by atoms with van der Waals surface area (Å²) in [5.41, 5.74) is 3.45. The molecule has 1 aromatic carbocycles. The highest BCUT2D eigenvalue weighted by atomic mass is 32.2. The van der Waals surface area contributed by atoms with Gasteiger partial charge in [0, 0.05) is 16.6 Å². The van der Waals surface area contributed by atoms with Gasteiger partial charge in [-0.15, -0.1) is 23.1 Å². The zero-order valence-corrected chi connectivity index (χ0v) is 19.3. The second kappa shape index (κ2) is 8.72. The van der Waals surface area contributed by atoms with Crippen LogP contribution < -0.4 is 10.9 Å². The fourth-order valence-corrected chi connectivity index (χ4v) is 5.41. The Morgan fingerprint density at radius 1 is 1.19 bits per heavy atom. The maximum absolute atomic E-state index is 12.8. The van der Waals surface area contributed by atoms with Gasteiger partial charge in [-0.25, -0.2) is 4.98 Å². The third kappa shape index (κ3) is 4.31. The van der Waals surface area contributed by atoms with Gasteiger partial charge < -0.3 is 14.7 Å². The number of aromatic amines is 1. The molecule has 0 aliphatic heterocycles. The first-order valence-corrected chi connectivity index (χ1v) is 11.7.